The van der Waals surface area contributed by atoms with Crippen molar-refractivity contribution in [1.82, 2.24) is 0 Å². The van der Waals surface area contributed by atoms with E-state index in [0.717, 1.165) is 7.05 Å². The Labute approximate surface area is 272 Å². The summed E-state index contributed by atoms with van der Waals surface area (Å²) in [5.41, 5.74) is 0. The van der Waals surface area contributed by atoms with Gasteiger partial charge in [-0.15, -0.1) is 0 Å². The van der Waals surface area contributed by atoms with E-state index >= 15 is 0 Å². The van der Waals surface area contributed by atoms with Gasteiger partial charge in [0.1, 0.15) is 0 Å². The number of aliphatic hydroxyl groups excluding tert-OH is 1. The third-order valence-corrected chi connectivity index (χ3v) is 0.422. The smallest absolute Gasteiger partial charge is 0.870 e. The second-order valence-electron chi connectivity index (χ2n) is 1.57. The van der Waals surface area contributed by atoms with Crippen molar-refractivity contribution < 1.29 is 175 Å². The maximum atomic E-state index is 9.41. The van der Waals surface area contributed by atoms with Crippen LogP contribution in [0.25, 0.3) is 0 Å². The molecule has 0 amide bonds. The van der Waals surface area contributed by atoms with E-state index in [9.17, 15) is 10.1 Å². The zero-order valence-electron chi connectivity index (χ0n) is 12.3. The van der Waals surface area contributed by atoms with Crippen LogP contribution < -0.4 is 154 Å². The fourth-order valence-corrected chi connectivity index (χ4v) is 0.258. The summed E-state index contributed by atoms with van der Waals surface area (Å²) in [5, 5.41) is 25.8. The van der Waals surface area contributed by atoms with Gasteiger partial charge in [-0.1, -0.05) is 0 Å². The molecule has 0 aromatic rings. The Kier molecular flexibility index (Phi) is 118. The van der Waals surface area contributed by atoms with Crippen LogP contribution in [-0.4, -0.2) is 38.4 Å². The van der Waals surface area contributed by atoms with Crippen molar-refractivity contribution in [2.24, 2.45) is 0 Å². The fourth-order valence-electron chi connectivity index (χ4n) is 0.0861. The van der Waals surface area contributed by atoms with Crippen molar-refractivity contribution in [1.29, 1.82) is 0 Å². The quantitative estimate of drug-likeness (QED) is 0.134. The summed E-state index contributed by atoms with van der Waals surface area (Å²) in [5.74, 6) is 0. The van der Waals surface area contributed by atoms with Gasteiger partial charge < -0.3 is 35.8 Å². The van der Waals surface area contributed by atoms with Gasteiger partial charge in [-0.05, 0) is 31.4 Å². The molecule has 0 atom stereocenters. The fraction of sp³-hybridized carbons (Fsp3) is 0.500. The Bertz CT molecular complexity index is 271. The van der Waals surface area contributed by atoms with E-state index in [1.807, 2.05) is 4.31 Å². The van der Waals surface area contributed by atoms with E-state index in [-0.39, 0.29) is 170 Å². The predicted octanol–water partition coefficient (Wildman–Crippen LogP) is -8.10. The standard InChI is InChI=1S/C2H3NO2S2.C2H6O.CH3NO2.CS2.3K.H2O/c4-3(5)1-2(6)7;1-2-3;1-2(3)4;2-1-3;;;;/h1,6-7H;3H,2H2,1H3;1H3;;;;;1H2/q;;;;3*+1;/p-3. The van der Waals surface area contributed by atoms with Crippen LogP contribution in [0.1, 0.15) is 6.92 Å². The average Bonchev–Trinajstić information content (AvgIpc) is 2.01. The molecule has 0 heterocycles. The van der Waals surface area contributed by atoms with Crippen molar-refractivity contribution in [3.05, 3.63) is 30.7 Å². The second kappa shape index (κ2) is 49.6. The molecule has 0 fully saturated rings. The zero-order chi connectivity index (χ0) is 14.9. The van der Waals surface area contributed by atoms with Crippen LogP contribution in [0, 0.1) is 20.2 Å². The molecular weight excluding hydrogens is 442 g/mol. The molecule has 0 spiro atoms. The molecule has 0 unspecified atom stereocenters. The Hall–Kier alpha value is 4.03. The summed E-state index contributed by atoms with van der Waals surface area (Å²) in [7, 11) is 0.889. The maximum absolute atomic E-state index is 9.41. The number of hydrogen-bond donors (Lipinski definition) is 1. The number of aliphatic hydroxyl groups is 1. The molecule has 0 saturated heterocycles. The minimum absolute atomic E-state index is 0. The van der Waals surface area contributed by atoms with Crippen molar-refractivity contribution in [2.75, 3.05) is 13.7 Å². The van der Waals surface area contributed by atoms with Crippen LogP contribution >= 0.6 is 24.4 Å². The van der Waals surface area contributed by atoms with Crippen molar-refractivity contribution in [3.8, 4) is 0 Å². The molecule has 0 aliphatic heterocycles. The number of nitro groups is 2. The van der Waals surface area contributed by atoms with Crippen LogP contribution in [0.5, 0.6) is 0 Å². The van der Waals surface area contributed by atoms with E-state index in [4.69, 9.17) is 15.2 Å². The molecule has 0 aliphatic rings. The van der Waals surface area contributed by atoms with Gasteiger partial charge in [0.05, 0.1) is 4.92 Å². The SMILES string of the molecule is CCO.C[N+](=O)[O-].O=[N+]([O-])C=C([S-])[S-].S=C=S.[K+].[K+].[K+].[OH-]. The number of nitrogens with zero attached hydrogens (tertiary/aromatic N) is 2. The Balaban J connectivity index is -0.0000000179. The molecule has 0 rings (SSSR count). The molecule has 108 valence electrons. The van der Waals surface area contributed by atoms with Gasteiger partial charge in [0.2, 0.25) is 0 Å². The molecule has 21 heavy (non-hydrogen) atoms. The van der Waals surface area contributed by atoms with E-state index in [1.54, 1.807) is 6.92 Å². The first-order chi connectivity index (χ1) is 7.69. The number of hydrogen-bond acceptors (Lipinski definition) is 10. The van der Waals surface area contributed by atoms with Gasteiger partial charge >= 0.3 is 154 Å². The predicted molar refractivity (Wildman–Crippen MR) is 77.6 cm³/mol. The minimum Gasteiger partial charge on any atom is -0.870 e. The van der Waals surface area contributed by atoms with Gasteiger partial charge in [0.25, 0.3) is 0 Å². The van der Waals surface area contributed by atoms with Gasteiger partial charge in [-0.25, -0.2) is 0 Å². The van der Waals surface area contributed by atoms with E-state index in [1.165, 1.54) is 0 Å². The third-order valence-electron chi connectivity index (χ3n) is 0.211. The largest absolute Gasteiger partial charge is 1.00 e. The molecule has 0 aliphatic carbocycles. The first kappa shape index (κ1) is 49.8. The maximum Gasteiger partial charge on any atom is 1.00 e. The first-order valence-electron chi connectivity index (χ1n) is 3.56. The summed E-state index contributed by atoms with van der Waals surface area (Å²) in [6.45, 7) is 1.93. The van der Waals surface area contributed by atoms with Gasteiger partial charge in [-0.3, -0.25) is 24.5 Å². The molecular formula is C6H11K3N2O6S4. The first-order valence-corrected chi connectivity index (χ1v) is 5.20. The van der Waals surface area contributed by atoms with Gasteiger partial charge in [0.15, 0.2) is 13.2 Å². The molecule has 8 nitrogen and oxygen atoms in total. The average molecular weight is 453 g/mol. The molecule has 2 N–H and O–H groups in total. The van der Waals surface area contributed by atoms with Crippen molar-refractivity contribution in [3.63, 3.8) is 0 Å². The van der Waals surface area contributed by atoms with E-state index < -0.39 is 9.85 Å². The van der Waals surface area contributed by atoms with Crippen LogP contribution in [0.3, 0.4) is 0 Å². The van der Waals surface area contributed by atoms with Gasteiger partial charge in [-0.2, -0.15) is 0 Å². The van der Waals surface area contributed by atoms with Crippen LogP contribution in [0.2, 0.25) is 0 Å². The number of thiocarbonyl (C=S) groups is 2. The topological polar surface area (TPSA) is 137 Å². The van der Waals surface area contributed by atoms with Crippen LogP contribution in [0.4, 0.5) is 0 Å². The number of rotatable bonds is 1. The molecule has 15 heteroatoms. The molecule has 0 aromatic carbocycles. The monoisotopic (exact) mass is 452 g/mol. The van der Waals surface area contributed by atoms with Gasteiger partial charge in [0, 0.05) is 15.8 Å². The third kappa shape index (κ3) is 181. The summed E-state index contributed by atoms with van der Waals surface area (Å²) in [4.78, 5) is 17.0. The Morgan fingerprint density at radius 2 is 1.38 bits per heavy atom. The summed E-state index contributed by atoms with van der Waals surface area (Å²) < 4.78 is 1.80. The summed E-state index contributed by atoms with van der Waals surface area (Å²) in [6, 6.07) is 0. The van der Waals surface area contributed by atoms with Crippen molar-refractivity contribution >= 4 is 54.0 Å². The summed E-state index contributed by atoms with van der Waals surface area (Å²) in [6.07, 6.45) is 0.602. The van der Waals surface area contributed by atoms with Crippen molar-refractivity contribution in [2.45, 2.75) is 6.92 Å². The van der Waals surface area contributed by atoms with Crippen LogP contribution in [-0.2, 0) is 25.3 Å². The molecule has 0 radical (unpaired) electrons. The summed E-state index contributed by atoms with van der Waals surface area (Å²) >= 11 is 16.3. The molecule has 0 saturated carbocycles. The normalized spacial score (nSPS) is 4.90. The zero-order valence-corrected chi connectivity index (χ0v) is 25.0. The minimum atomic E-state index is -0.671. The van der Waals surface area contributed by atoms with E-state index in [2.05, 4.69) is 49.7 Å². The molecule has 0 aromatic heterocycles. The Morgan fingerprint density at radius 3 is 1.38 bits per heavy atom. The Morgan fingerprint density at radius 1 is 1.24 bits per heavy atom. The molecule has 0 bridgehead atoms. The second-order valence-corrected chi connectivity index (χ2v) is 3.38. The van der Waals surface area contributed by atoms with Crippen LogP contribution in [0.15, 0.2) is 10.4 Å². The van der Waals surface area contributed by atoms with E-state index in [0.29, 0.717) is 6.20 Å².